The highest BCUT2D eigenvalue weighted by Gasteiger charge is 2.00. The quantitative estimate of drug-likeness (QED) is 0.894. The number of hydrogen-bond acceptors (Lipinski definition) is 2. The summed E-state index contributed by atoms with van der Waals surface area (Å²) in [5.74, 6) is 0.555. The van der Waals surface area contributed by atoms with Gasteiger partial charge in [0.1, 0.15) is 0 Å². The zero-order chi connectivity index (χ0) is 13.0. The maximum absolute atomic E-state index is 4.16. The molecule has 0 unspecified atom stereocenters. The molecule has 0 fully saturated rings. The predicted octanol–water partition coefficient (Wildman–Crippen LogP) is 4.58. The molecule has 0 amide bonds. The average Bonchev–Trinajstić information content (AvgIpc) is 2.37. The van der Waals surface area contributed by atoms with Crippen LogP contribution in [0.4, 0.5) is 5.69 Å². The van der Waals surface area contributed by atoms with Crippen LogP contribution >= 0.6 is 15.9 Å². The number of nitrogens with one attached hydrogen (secondary N) is 1. The molecule has 94 valence electrons. The Morgan fingerprint density at radius 2 is 2.06 bits per heavy atom. The molecule has 0 saturated carbocycles. The van der Waals surface area contributed by atoms with Crippen LogP contribution in [0.15, 0.2) is 47.2 Å². The van der Waals surface area contributed by atoms with E-state index in [0.717, 1.165) is 16.7 Å². The lowest BCUT2D eigenvalue weighted by molar-refractivity contribution is 0.866. The SMILES string of the molecule is CC(C)c1cccc(NCc2cncc(Br)c2)c1. The van der Waals surface area contributed by atoms with Crippen molar-refractivity contribution in [1.29, 1.82) is 0 Å². The first-order valence-corrected chi connectivity index (χ1v) is 6.87. The van der Waals surface area contributed by atoms with Gasteiger partial charge in [-0.25, -0.2) is 0 Å². The minimum Gasteiger partial charge on any atom is -0.381 e. The summed E-state index contributed by atoms with van der Waals surface area (Å²) in [6, 6.07) is 10.6. The van der Waals surface area contributed by atoms with E-state index < -0.39 is 0 Å². The topological polar surface area (TPSA) is 24.9 Å². The lowest BCUT2D eigenvalue weighted by Crippen LogP contribution is -2.00. The number of pyridine rings is 1. The van der Waals surface area contributed by atoms with Crippen molar-refractivity contribution in [2.75, 3.05) is 5.32 Å². The zero-order valence-corrected chi connectivity index (χ0v) is 12.2. The first kappa shape index (κ1) is 13.1. The van der Waals surface area contributed by atoms with Crippen LogP contribution in [0.1, 0.15) is 30.9 Å². The summed E-state index contributed by atoms with van der Waals surface area (Å²) in [6.45, 7) is 5.20. The molecule has 0 atom stereocenters. The Bertz CT molecular complexity index is 523. The largest absolute Gasteiger partial charge is 0.381 e. The van der Waals surface area contributed by atoms with E-state index in [1.54, 1.807) is 6.20 Å². The Morgan fingerprint density at radius 1 is 1.22 bits per heavy atom. The van der Waals surface area contributed by atoms with Crippen LogP contribution in [0.5, 0.6) is 0 Å². The Labute approximate surface area is 117 Å². The Morgan fingerprint density at radius 3 is 2.78 bits per heavy atom. The molecule has 0 aliphatic rings. The summed E-state index contributed by atoms with van der Waals surface area (Å²) < 4.78 is 1.01. The van der Waals surface area contributed by atoms with E-state index in [1.165, 1.54) is 11.1 Å². The third-order valence-corrected chi connectivity index (χ3v) is 3.25. The molecule has 2 nitrogen and oxygen atoms in total. The molecule has 2 aromatic rings. The highest BCUT2D eigenvalue weighted by molar-refractivity contribution is 9.10. The fourth-order valence-corrected chi connectivity index (χ4v) is 2.18. The van der Waals surface area contributed by atoms with E-state index in [2.05, 4.69) is 70.4 Å². The van der Waals surface area contributed by atoms with Gasteiger partial charge in [0.15, 0.2) is 0 Å². The van der Waals surface area contributed by atoms with E-state index in [9.17, 15) is 0 Å². The van der Waals surface area contributed by atoms with E-state index in [4.69, 9.17) is 0 Å². The smallest absolute Gasteiger partial charge is 0.0416 e. The number of hydrogen-bond donors (Lipinski definition) is 1. The molecule has 1 aromatic heterocycles. The van der Waals surface area contributed by atoms with Crippen molar-refractivity contribution in [3.63, 3.8) is 0 Å². The van der Waals surface area contributed by atoms with Crippen molar-refractivity contribution in [1.82, 2.24) is 4.98 Å². The first-order chi connectivity index (χ1) is 8.65. The number of halogens is 1. The van der Waals surface area contributed by atoms with Gasteiger partial charge in [0.2, 0.25) is 0 Å². The third-order valence-electron chi connectivity index (χ3n) is 2.81. The van der Waals surface area contributed by atoms with E-state index >= 15 is 0 Å². The molecule has 1 aromatic carbocycles. The maximum atomic E-state index is 4.16. The van der Waals surface area contributed by atoms with Crippen molar-refractivity contribution in [3.05, 3.63) is 58.3 Å². The summed E-state index contributed by atoms with van der Waals surface area (Å²) in [7, 11) is 0. The first-order valence-electron chi connectivity index (χ1n) is 6.08. The number of anilines is 1. The van der Waals surface area contributed by atoms with Gasteiger partial charge in [-0.1, -0.05) is 26.0 Å². The van der Waals surface area contributed by atoms with Crippen LogP contribution in [-0.2, 0) is 6.54 Å². The highest BCUT2D eigenvalue weighted by atomic mass is 79.9. The Hall–Kier alpha value is -1.35. The van der Waals surface area contributed by atoms with Gasteiger partial charge in [-0.15, -0.1) is 0 Å². The second kappa shape index (κ2) is 6.01. The van der Waals surface area contributed by atoms with Gasteiger partial charge in [-0.2, -0.15) is 0 Å². The molecule has 0 radical (unpaired) electrons. The highest BCUT2D eigenvalue weighted by Crippen LogP contribution is 2.19. The van der Waals surface area contributed by atoms with Crippen molar-refractivity contribution >= 4 is 21.6 Å². The summed E-state index contributed by atoms with van der Waals surface area (Å²) >= 11 is 3.43. The van der Waals surface area contributed by atoms with Crippen LogP contribution in [0.2, 0.25) is 0 Å². The zero-order valence-electron chi connectivity index (χ0n) is 10.7. The summed E-state index contributed by atoms with van der Waals surface area (Å²) in [5.41, 5.74) is 3.67. The molecule has 2 rings (SSSR count). The van der Waals surface area contributed by atoms with Crippen LogP contribution in [-0.4, -0.2) is 4.98 Å². The average molecular weight is 305 g/mol. The van der Waals surface area contributed by atoms with Crippen molar-refractivity contribution in [3.8, 4) is 0 Å². The van der Waals surface area contributed by atoms with Gasteiger partial charge < -0.3 is 5.32 Å². The minimum atomic E-state index is 0.555. The summed E-state index contributed by atoms with van der Waals surface area (Å²) in [5, 5.41) is 3.42. The number of nitrogens with zero attached hydrogens (tertiary/aromatic N) is 1. The van der Waals surface area contributed by atoms with Crippen molar-refractivity contribution < 1.29 is 0 Å². The van der Waals surface area contributed by atoms with Crippen LogP contribution in [0.25, 0.3) is 0 Å². The second-order valence-corrected chi connectivity index (χ2v) is 5.56. The van der Waals surface area contributed by atoms with Crippen LogP contribution in [0.3, 0.4) is 0 Å². The molecular weight excluding hydrogens is 288 g/mol. The number of aromatic nitrogens is 1. The molecular formula is C15H17BrN2. The van der Waals surface area contributed by atoms with E-state index in [0.29, 0.717) is 5.92 Å². The van der Waals surface area contributed by atoms with Gasteiger partial charge in [-0.05, 0) is 51.2 Å². The molecule has 1 N–H and O–H groups in total. The lowest BCUT2D eigenvalue weighted by atomic mass is 10.0. The molecule has 0 bridgehead atoms. The molecule has 0 aliphatic heterocycles. The second-order valence-electron chi connectivity index (χ2n) is 4.65. The fraction of sp³-hybridized carbons (Fsp3) is 0.267. The normalized spacial score (nSPS) is 10.7. The van der Waals surface area contributed by atoms with Gasteiger partial charge in [-0.3, -0.25) is 4.98 Å². The van der Waals surface area contributed by atoms with E-state index in [-0.39, 0.29) is 0 Å². The van der Waals surface area contributed by atoms with E-state index in [1.807, 2.05) is 6.20 Å². The standard InChI is InChI=1S/C15H17BrN2/c1-11(2)13-4-3-5-15(7-13)18-9-12-6-14(16)10-17-8-12/h3-8,10-11,18H,9H2,1-2H3. The van der Waals surface area contributed by atoms with Crippen LogP contribution in [0, 0.1) is 0 Å². The molecule has 3 heteroatoms. The fourth-order valence-electron chi connectivity index (χ4n) is 1.76. The molecule has 0 aliphatic carbocycles. The summed E-state index contributed by atoms with van der Waals surface area (Å²) in [6.07, 6.45) is 3.67. The van der Waals surface area contributed by atoms with Gasteiger partial charge in [0, 0.05) is 29.1 Å². The lowest BCUT2D eigenvalue weighted by Gasteiger charge is -2.10. The molecule has 0 spiro atoms. The van der Waals surface area contributed by atoms with Crippen molar-refractivity contribution in [2.45, 2.75) is 26.3 Å². The van der Waals surface area contributed by atoms with Gasteiger partial charge >= 0.3 is 0 Å². The predicted molar refractivity (Wildman–Crippen MR) is 79.8 cm³/mol. The maximum Gasteiger partial charge on any atom is 0.0416 e. The molecule has 18 heavy (non-hydrogen) atoms. The third kappa shape index (κ3) is 3.57. The van der Waals surface area contributed by atoms with Crippen molar-refractivity contribution in [2.24, 2.45) is 0 Å². The van der Waals surface area contributed by atoms with Crippen LogP contribution < -0.4 is 5.32 Å². The Kier molecular flexibility index (Phi) is 4.37. The monoisotopic (exact) mass is 304 g/mol. The minimum absolute atomic E-state index is 0.555. The van der Waals surface area contributed by atoms with Gasteiger partial charge in [0.05, 0.1) is 0 Å². The molecule has 0 saturated heterocycles. The number of rotatable bonds is 4. The summed E-state index contributed by atoms with van der Waals surface area (Å²) in [4.78, 5) is 4.16. The van der Waals surface area contributed by atoms with Gasteiger partial charge in [0.25, 0.3) is 0 Å². The Balaban J connectivity index is 2.04. The number of benzene rings is 1. The molecule has 1 heterocycles.